The molecule has 0 fully saturated rings. The number of rotatable bonds is 6. The van der Waals surface area contributed by atoms with E-state index in [4.69, 9.17) is 9.26 Å². The SMILES string of the molecule is COc1cc(-c2noc(C3CCc4nnn(CCN(C)C)c4C3)n2)ccc1O. The molecule has 0 saturated heterocycles. The Hall–Kier alpha value is -2.94. The maximum absolute atomic E-state index is 9.76. The fraction of sp³-hybridized carbons (Fsp3) is 0.474. The molecular weight excluding hydrogens is 360 g/mol. The topological polar surface area (TPSA) is 102 Å². The second kappa shape index (κ2) is 7.59. The number of phenols is 1. The van der Waals surface area contributed by atoms with Gasteiger partial charge in [-0.05, 0) is 45.1 Å². The lowest BCUT2D eigenvalue weighted by Gasteiger charge is -2.19. The lowest BCUT2D eigenvalue weighted by Crippen LogP contribution is -2.22. The lowest BCUT2D eigenvalue weighted by atomic mass is 9.89. The highest BCUT2D eigenvalue weighted by Crippen LogP contribution is 2.34. The number of aromatic hydroxyl groups is 1. The van der Waals surface area contributed by atoms with Gasteiger partial charge in [0.1, 0.15) is 0 Å². The number of hydrogen-bond acceptors (Lipinski definition) is 8. The van der Waals surface area contributed by atoms with E-state index in [1.807, 2.05) is 18.8 Å². The fourth-order valence-corrected chi connectivity index (χ4v) is 3.45. The molecule has 148 valence electrons. The highest BCUT2D eigenvalue weighted by Gasteiger charge is 2.29. The summed E-state index contributed by atoms with van der Waals surface area (Å²) in [6.45, 7) is 1.72. The molecule has 2 heterocycles. The Morgan fingerprint density at radius 2 is 2.21 bits per heavy atom. The van der Waals surface area contributed by atoms with E-state index in [9.17, 15) is 5.11 Å². The molecule has 2 aromatic heterocycles. The number of aryl methyl sites for hydroxylation is 1. The third-order valence-electron chi connectivity index (χ3n) is 5.08. The summed E-state index contributed by atoms with van der Waals surface area (Å²) in [7, 11) is 5.60. The smallest absolute Gasteiger partial charge is 0.230 e. The van der Waals surface area contributed by atoms with Crippen molar-refractivity contribution in [2.24, 2.45) is 0 Å². The molecule has 4 rings (SSSR count). The first-order valence-electron chi connectivity index (χ1n) is 9.32. The van der Waals surface area contributed by atoms with E-state index in [1.54, 1.807) is 18.2 Å². The van der Waals surface area contributed by atoms with Crippen LogP contribution in [0.4, 0.5) is 0 Å². The van der Waals surface area contributed by atoms with E-state index >= 15 is 0 Å². The van der Waals surface area contributed by atoms with Gasteiger partial charge in [0.05, 0.1) is 25.0 Å². The standard InChI is InChI=1S/C19H24N6O3/c1-24(2)8-9-25-15-10-13(4-6-14(15)21-23-25)19-20-18(22-28-19)12-5-7-16(26)17(11-12)27-3/h5,7,11,13,26H,4,6,8-10H2,1-3H3. The van der Waals surface area contributed by atoms with Crippen LogP contribution >= 0.6 is 0 Å². The summed E-state index contributed by atoms with van der Waals surface area (Å²) in [6.07, 6.45) is 2.54. The van der Waals surface area contributed by atoms with E-state index in [2.05, 4.69) is 25.4 Å². The lowest BCUT2D eigenvalue weighted by molar-refractivity contribution is 0.333. The van der Waals surface area contributed by atoms with Crippen LogP contribution in [-0.4, -0.2) is 62.9 Å². The van der Waals surface area contributed by atoms with Crippen molar-refractivity contribution in [3.63, 3.8) is 0 Å². The van der Waals surface area contributed by atoms with Gasteiger partial charge in [-0.3, -0.25) is 0 Å². The molecule has 1 atom stereocenters. The van der Waals surface area contributed by atoms with Gasteiger partial charge >= 0.3 is 0 Å². The molecule has 1 unspecified atom stereocenters. The van der Waals surface area contributed by atoms with Gasteiger partial charge in [0.25, 0.3) is 0 Å². The van der Waals surface area contributed by atoms with Crippen molar-refractivity contribution in [2.75, 3.05) is 27.7 Å². The number of nitrogens with zero attached hydrogens (tertiary/aromatic N) is 6. The molecule has 1 aliphatic rings. The van der Waals surface area contributed by atoms with Gasteiger partial charge in [-0.2, -0.15) is 4.98 Å². The van der Waals surface area contributed by atoms with Crippen molar-refractivity contribution in [1.29, 1.82) is 0 Å². The van der Waals surface area contributed by atoms with Crippen molar-refractivity contribution < 1.29 is 14.4 Å². The highest BCUT2D eigenvalue weighted by atomic mass is 16.5. The summed E-state index contributed by atoms with van der Waals surface area (Å²) in [6, 6.07) is 5.00. The Bertz CT molecular complexity index is 964. The second-order valence-electron chi connectivity index (χ2n) is 7.29. The van der Waals surface area contributed by atoms with Gasteiger partial charge < -0.3 is 19.3 Å². The van der Waals surface area contributed by atoms with Gasteiger partial charge in [-0.15, -0.1) is 5.10 Å². The zero-order valence-corrected chi connectivity index (χ0v) is 16.3. The minimum Gasteiger partial charge on any atom is -0.504 e. The minimum atomic E-state index is 0.0771. The van der Waals surface area contributed by atoms with Gasteiger partial charge in [0, 0.05) is 24.4 Å². The summed E-state index contributed by atoms with van der Waals surface area (Å²) in [5.41, 5.74) is 2.96. The van der Waals surface area contributed by atoms with E-state index in [0.29, 0.717) is 17.5 Å². The van der Waals surface area contributed by atoms with Crippen molar-refractivity contribution in [1.82, 2.24) is 30.0 Å². The molecule has 9 nitrogen and oxygen atoms in total. The van der Waals surface area contributed by atoms with Gasteiger partial charge in [0.2, 0.25) is 11.7 Å². The number of fused-ring (bicyclic) bond motifs is 1. The molecule has 0 aliphatic heterocycles. The summed E-state index contributed by atoms with van der Waals surface area (Å²) in [4.78, 5) is 6.73. The average molecular weight is 384 g/mol. The molecule has 0 amide bonds. The number of likely N-dealkylation sites (N-methyl/N-ethyl adjacent to an activating group) is 1. The Kier molecular flexibility index (Phi) is 4.99. The van der Waals surface area contributed by atoms with Crippen molar-refractivity contribution >= 4 is 0 Å². The van der Waals surface area contributed by atoms with Crippen LogP contribution in [0.25, 0.3) is 11.4 Å². The Labute approximate surface area is 162 Å². The van der Waals surface area contributed by atoms with Crippen LogP contribution in [-0.2, 0) is 19.4 Å². The van der Waals surface area contributed by atoms with Crippen LogP contribution < -0.4 is 4.74 Å². The van der Waals surface area contributed by atoms with Gasteiger partial charge in [-0.1, -0.05) is 10.4 Å². The molecule has 9 heteroatoms. The third-order valence-corrected chi connectivity index (χ3v) is 5.08. The monoisotopic (exact) mass is 384 g/mol. The van der Waals surface area contributed by atoms with Gasteiger partial charge in [-0.25, -0.2) is 4.68 Å². The third kappa shape index (κ3) is 3.57. The number of benzene rings is 1. The molecule has 1 aliphatic carbocycles. The van der Waals surface area contributed by atoms with Gasteiger partial charge in [0.15, 0.2) is 11.5 Å². The summed E-state index contributed by atoms with van der Waals surface area (Å²) in [5.74, 6) is 1.70. The molecule has 3 aromatic rings. The molecule has 0 saturated carbocycles. The predicted molar refractivity (Wildman–Crippen MR) is 101 cm³/mol. The van der Waals surface area contributed by atoms with Crippen molar-refractivity contribution in [3.05, 3.63) is 35.5 Å². The van der Waals surface area contributed by atoms with Crippen LogP contribution in [0.1, 0.15) is 29.6 Å². The molecule has 1 N–H and O–H groups in total. The van der Waals surface area contributed by atoms with Crippen LogP contribution in [0.5, 0.6) is 11.5 Å². The summed E-state index contributed by atoms with van der Waals surface area (Å²) >= 11 is 0. The van der Waals surface area contributed by atoms with Crippen LogP contribution in [0.3, 0.4) is 0 Å². The highest BCUT2D eigenvalue weighted by molar-refractivity contribution is 5.60. The Morgan fingerprint density at radius 3 is 3.00 bits per heavy atom. The largest absolute Gasteiger partial charge is 0.504 e. The fourth-order valence-electron chi connectivity index (χ4n) is 3.45. The zero-order chi connectivity index (χ0) is 19.7. The van der Waals surface area contributed by atoms with Crippen LogP contribution in [0, 0.1) is 0 Å². The second-order valence-corrected chi connectivity index (χ2v) is 7.29. The zero-order valence-electron chi connectivity index (χ0n) is 16.3. The maximum Gasteiger partial charge on any atom is 0.230 e. The quantitative estimate of drug-likeness (QED) is 0.687. The first-order valence-corrected chi connectivity index (χ1v) is 9.32. The molecule has 1 aromatic carbocycles. The minimum absolute atomic E-state index is 0.0771. The predicted octanol–water partition coefficient (Wildman–Crippen LogP) is 1.88. The average Bonchev–Trinajstić information content (AvgIpc) is 3.33. The Balaban J connectivity index is 1.53. The molecule has 0 bridgehead atoms. The maximum atomic E-state index is 9.76. The molecule has 0 radical (unpaired) electrons. The first-order chi connectivity index (χ1) is 13.5. The van der Waals surface area contributed by atoms with Crippen LogP contribution in [0.2, 0.25) is 0 Å². The van der Waals surface area contributed by atoms with E-state index in [1.165, 1.54) is 7.11 Å². The molecule has 28 heavy (non-hydrogen) atoms. The number of aromatic nitrogens is 5. The number of phenolic OH excluding ortho intramolecular Hbond substituents is 1. The Morgan fingerprint density at radius 1 is 1.36 bits per heavy atom. The molecule has 0 spiro atoms. The summed E-state index contributed by atoms with van der Waals surface area (Å²) < 4.78 is 12.7. The summed E-state index contributed by atoms with van der Waals surface area (Å²) in [5, 5.41) is 22.5. The number of ether oxygens (including phenoxy) is 1. The number of methoxy groups -OCH3 is 1. The van der Waals surface area contributed by atoms with E-state index < -0.39 is 0 Å². The normalized spacial score (nSPS) is 16.4. The van der Waals surface area contributed by atoms with E-state index in [-0.39, 0.29) is 11.7 Å². The first kappa shape index (κ1) is 18.4. The molecular formula is C19H24N6O3. The van der Waals surface area contributed by atoms with Crippen LogP contribution in [0.15, 0.2) is 22.7 Å². The van der Waals surface area contributed by atoms with E-state index in [0.717, 1.165) is 49.3 Å². The number of hydrogen-bond donors (Lipinski definition) is 1. The van der Waals surface area contributed by atoms with Crippen molar-refractivity contribution in [3.8, 4) is 22.9 Å². The van der Waals surface area contributed by atoms with Crippen molar-refractivity contribution in [2.45, 2.75) is 31.7 Å².